The van der Waals surface area contributed by atoms with Crippen LogP contribution in [0.3, 0.4) is 0 Å². The molecule has 4 heteroatoms. The Balaban J connectivity index is 2.42. The number of hydrogen-bond donors (Lipinski definition) is 1. The van der Waals surface area contributed by atoms with E-state index in [1.54, 1.807) is 0 Å². The third-order valence-corrected chi connectivity index (χ3v) is 3.82. The molecule has 1 rings (SSSR count). The van der Waals surface area contributed by atoms with Gasteiger partial charge in [-0.1, -0.05) is 13.8 Å². The van der Waals surface area contributed by atoms with Gasteiger partial charge in [0.2, 0.25) is 0 Å². The molecule has 1 aliphatic heterocycles. The highest BCUT2D eigenvalue weighted by Crippen LogP contribution is 2.22. The number of piperidine rings is 1. The first-order valence-corrected chi connectivity index (χ1v) is 7.72. The molecule has 0 saturated carbocycles. The Kier molecular flexibility index (Phi) is 8.07. The minimum absolute atomic E-state index is 0.0781. The van der Waals surface area contributed by atoms with E-state index in [9.17, 15) is 4.79 Å². The lowest BCUT2D eigenvalue weighted by Gasteiger charge is -2.38. The van der Waals surface area contributed by atoms with E-state index in [-0.39, 0.29) is 5.97 Å². The highest BCUT2D eigenvalue weighted by Gasteiger charge is 2.26. The van der Waals surface area contributed by atoms with Gasteiger partial charge in [0.1, 0.15) is 0 Å². The van der Waals surface area contributed by atoms with Gasteiger partial charge in [0.15, 0.2) is 0 Å². The van der Waals surface area contributed by atoms with Crippen LogP contribution in [0.5, 0.6) is 0 Å². The fraction of sp³-hybridized carbons (Fsp3) is 0.933. The van der Waals surface area contributed by atoms with Crippen LogP contribution in [0, 0.1) is 5.92 Å². The number of esters is 1. The SMILES string of the molecule is CCCNC1CC(CCC(=O)OC)CN(CCC)C1. The molecule has 1 heterocycles. The average molecular weight is 270 g/mol. The van der Waals surface area contributed by atoms with Crippen LogP contribution in [-0.2, 0) is 9.53 Å². The number of nitrogens with zero attached hydrogens (tertiary/aromatic N) is 1. The van der Waals surface area contributed by atoms with E-state index >= 15 is 0 Å². The summed E-state index contributed by atoms with van der Waals surface area (Å²) in [5, 5.41) is 3.63. The minimum Gasteiger partial charge on any atom is -0.469 e. The van der Waals surface area contributed by atoms with Gasteiger partial charge in [0.05, 0.1) is 7.11 Å². The van der Waals surface area contributed by atoms with E-state index in [1.165, 1.54) is 32.9 Å². The average Bonchev–Trinajstić information content (AvgIpc) is 2.42. The quantitative estimate of drug-likeness (QED) is 0.685. The Morgan fingerprint density at radius 3 is 2.74 bits per heavy atom. The van der Waals surface area contributed by atoms with Gasteiger partial charge in [0.25, 0.3) is 0 Å². The van der Waals surface area contributed by atoms with E-state index in [4.69, 9.17) is 4.74 Å². The number of carbonyl (C=O) groups excluding carboxylic acids is 1. The van der Waals surface area contributed by atoms with Crippen molar-refractivity contribution >= 4 is 5.97 Å². The minimum atomic E-state index is -0.0781. The molecule has 1 N–H and O–H groups in total. The van der Waals surface area contributed by atoms with Gasteiger partial charge in [-0.15, -0.1) is 0 Å². The summed E-state index contributed by atoms with van der Waals surface area (Å²) in [6, 6.07) is 0.586. The third kappa shape index (κ3) is 6.39. The second-order valence-electron chi connectivity index (χ2n) is 5.63. The first-order chi connectivity index (χ1) is 9.19. The first-order valence-electron chi connectivity index (χ1n) is 7.72. The number of hydrogen-bond acceptors (Lipinski definition) is 4. The molecule has 0 aromatic heterocycles. The monoisotopic (exact) mass is 270 g/mol. The highest BCUT2D eigenvalue weighted by molar-refractivity contribution is 5.69. The van der Waals surface area contributed by atoms with Crippen molar-refractivity contribution in [2.45, 2.75) is 52.0 Å². The van der Waals surface area contributed by atoms with Crippen LogP contribution in [0.4, 0.5) is 0 Å². The van der Waals surface area contributed by atoms with Crippen molar-refractivity contribution in [3.05, 3.63) is 0 Å². The number of carbonyl (C=O) groups is 1. The zero-order valence-electron chi connectivity index (χ0n) is 12.8. The summed E-state index contributed by atoms with van der Waals surface area (Å²) >= 11 is 0. The first kappa shape index (κ1) is 16.4. The Bertz CT molecular complexity index is 259. The fourth-order valence-corrected chi connectivity index (χ4v) is 2.93. The van der Waals surface area contributed by atoms with Crippen LogP contribution in [0.1, 0.15) is 46.0 Å². The van der Waals surface area contributed by atoms with Gasteiger partial charge < -0.3 is 15.0 Å². The van der Waals surface area contributed by atoms with Crippen molar-refractivity contribution in [2.24, 2.45) is 5.92 Å². The predicted molar refractivity (Wildman–Crippen MR) is 78.2 cm³/mol. The van der Waals surface area contributed by atoms with E-state index < -0.39 is 0 Å². The molecule has 4 nitrogen and oxygen atoms in total. The maximum absolute atomic E-state index is 11.3. The molecule has 0 radical (unpaired) electrons. The summed E-state index contributed by atoms with van der Waals surface area (Å²) in [6.07, 6.45) is 5.08. The fourth-order valence-electron chi connectivity index (χ4n) is 2.93. The lowest BCUT2D eigenvalue weighted by molar-refractivity contribution is -0.141. The van der Waals surface area contributed by atoms with Crippen molar-refractivity contribution in [1.82, 2.24) is 10.2 Å². The summed E-state index contributed by atoms with van der Waals surface area (Å²) in [5.41, 5.74) is 0. The maximum Gasteiger partial charge on any atom is 0.305 e. The molecule has 112 valence electrons. The van der Waals surface area contributed by atoms with Gasteiger partial charge in [-0.25, -0.2) is 0 Å². The van der Waals surface area contributed by atoms with E-state index in [2.05, 4.69) is 24.1 Å². The molecule has 0 aromatic rings. The van der Waals surface area contributed by atoms with Gasteiger partial charge in [-0.3, -0.25) is 4.79 Å². The van der Waals surface area contributed by atoms with Crippen LogP contribution in [0.15, 0.2) is 0 Å². The molecule has 0 aromatic carbocycles. The van der Waals surface area contributed by atoms with Crippen molar-refractivity contribution in [1.29, 1.82) is 0 Å². The molecule has 1 aliphatic rings. The molecular formula is C15H30N2O2. The molecular weight excluding hydrogens is 240 g/mol. The Morgan fingerprint density at radius 1 is 1.32 bits per heavy atom. The summed E-state index contributed by atoms with van der Waals surface area (Å²) < 4.78 is 4.74. The smallest absolute Gasteiger partial charge is 0.305 e. The molecule has 0 aliphatic carbocycles. The molecule has 1 saturated heterocycles. The molecule has 0 amide bonds. The lowest BCUT2D eigenvalue weighted by atomic mass is 9.90. The molecule has 2 unspecified atom stereocenters. The van der Waals surface area contributed by atoms with E-state index in [0.717, 1.165) is 26.1 Å². The van der Waals surface area contributed by atoms with Gasteiger partial charge in [-0.2, -0.15) is 0 Å². The molecule has 2 atom stereocenters. The maximum atomic E-state index is 11.3. The molecule has 19 heavy (non-hydrogen) atoms. The van der Waals surface area contributed by atoms with E-state index in [0.29, 0.717) is 18.4 Å². The van der Waals surface area contributed by atoms with Crippen LogP contribution in [0.2, 0.25) is 0 Å². The van der Waals surface area contributed by atoms with Gasteiger partial charge in [-0.05, 0) is 44.7 Å². The molecule has 0 bridgehead atoms. The van der Waals surface area contributed by atoms with Crippen molar-refractivity contribution in [2.75, 3.05) is 33.3 Å². The van der Waals surface area contributed by atoms with Gasteiger partial charge in [0, 0.05) is 25.6 Å². The highest BCUT2D eigenvalue weighted by atomic mass is 16.5. The summed E-state index contributed by atoms with van der Waals surface area (Å²) in [5.74, 6) is 0.541. The Hall–Kier alpha value is -0.610. The number of likely N-dealkylation sites (tertiary alicyclic amines) is 1. The topological polar surface area (TPSA) is 41.6 Å². The largest absolute Gasteiger partial charge is 0.469 e. The van der Waals surface area contributed by atoms with E-state index in [1.807, 2.05) is 0 Å². The predicted octanol–water partition coefficient (Wildman–Crippen LogP) is 2.04. The van der Waals surface area contributed by atoms with Crippen LogP contribution in [-0.4, -0.2) is 50.2 Å². The number of nitrogens with one attached hydrogen (secondary N) is 1. The lowest BCUT2D eigenvalue weighted by Crippen LogP contribution is -2.49. The normalized spacial score (nSPS) is 24.4. The Morgan fingerprint density at radius 2 is 2.11 bits per heavy atom. The van der Waals surface area contributed by atoms with Crippen LogP contribution in [0.25, 0.3) is 0 Å². The zero-order valence-corrected chi connectivity index (χ0v) is 12.8. The molecule has 1 fully saturated rings. The van der Waals surface area contributed by atoms with Crippen LogP contribution < -0.4 is 5.32 Å². The third-order valence-electron chi connectivity index (χ3n) is 3.82. The number of rotatable bonds is 8. The van der Waals surface area contributed by atoms with Crippen molar-refractivity contribution in [3.8, 4) is 0 Å². The second kappa shape index (κ2) is 9.32. The summed E-state index contributed by atoms with van der Waals surface area (Å²) in [4.78, 5) is 13.8. The number of methoxy groups -OCH3 is 1. The van der Waals surface area contributed by atoms with Crippen molar-refractivity contribution in [3.63, 3.8) is 0 Å². The Labute approximate surface area is 117 Å². The standard InChI is InChI=1S/C15H30N2O2/c1-4-8-16-14-10-13(6-7-15(18)19-3)11-17(12-14)9-5-2/h13-14,16H,4-12H2,1-3H3. The second-order valence-corrected chi connectivity index (χ2v) is 5.63. The zero-order chi connectivity index (χ0) is 14.1. The summed E-state index contributed by atoms with van der Waals surface area (Å²) in [6.45, 7) is 8.98. The molecule has 0 spiro atoms. The number of ether oxygens (including phenoxy) is 1. The van der Waals surface area contributed by atoms with Crippen LogP contribution >= 0.6 is 0 Å². The van der Waals surface area contributed by atoms with Crippen molar-refractivity contribution < 1.29 is 9.53 Å². The summed E-state index contributed by atoms with van der Waals surface area (Å²) in [7, 11) is 1.47. The van der Waals surface area contributed by atoms with Gasteiger partial charge >= 0.3 is 5.97 Å².